The molecule has 0 radical (unpaired) electrons. The molecule has 0 aromatic heterocycles. The number of carbonyl (C=O) groups excluding carboxylic acids is 1. The third-order valence-corrected chi connectivity index (χ3v) is 3.11. The lowest BCUT2D eigenvalue weighted by atomic mass is 10.1. The first-order valence-electron chi connectivity index (χ1n) is 6.63. The quantitative estimate of drug-likeness (QED) is 0.894. The number of aliphatic hydroxyl groups is 1. The van der Waals surface area contributed by atoms with Crippen LogP contribution in [0.15, 0.2) is 42.5 Å². The first-order chi connectivity index (χ1) is 9.45. The van der Waals surface area contributed by atoms with E-state index in [0.717, 1.165) is 16.7 Å². The summed E-state index contributed by atoms with van der Waals surface area (Å²) in [6.07, 6.45) is -0.548. The molecule has 0 aliphatic heterocycles. The molecule has 0 aliphatic rings. The number of nitrogens with one attached hydrogen (secondary N) is 1. The molecule has 2 N–H and O–H groups in total. The highest BCUT2D eigenvalue weighted by atomic mass is 16.3. The fourth-order valence-electron chi connectivity index (χ4n) is 2.19. The molecule has 0 saturated carbocycles. The van der Waals surface area contributed by atoms with E-state index >= 15 is 0 Å². The average molecular weight is 269 g/mol. The maximum Gasteiger partial charge on any atom is 0.255 e. The van der Waals surface area contributed by atoms with E-state index in [4.69, 9.17) is 0 Å². The van der Waals surface area contributed by atoms with Crippen molar-refractivity contribution in [1.29, 1.82) is 0 Å². The van der Waals surface area contributed by atoms with Crippen molar-refractivity contribution in [3.63, 3.8) is 0 Å². The monoisotopic (exact) mass is 269 g/mol. The zero-order valence-electron chi connectivity index (χ0n) is 12.0. The van der Waals surface area contributed by atoms with E-state index in [1.165, 1.54) is 0 Å². The highest BCUT2D eigenvalue weighted by molar-refractivity contribution is 6.04. The number of carbonyl (C=O) groups is 1. The largest absolute Gasteiger partial charge is 0.389 e. The minimum atomic E-state index is -0.548. The Morgan fingerprint density at radius 1 is 1.10 bits per heavy atom. The van der Waals surface area contributed by atoms with Crippen molar-refractivity contribution in [2.45, 2.75) is 26.9 Å². The van der Waals surface area contributed by atoms with Crippen LogP contribution in [0.2, 0.25) is 0 Å². The van der Waals surface area contributed by atoms with Crippen molar-refractivity contribution >= 4 is 11.6 Å². The number of aliphatic hydroxyl groups excluding tert-OH is 1. The van der Waals surface area contributed by atoms with Crippen LogP contribution >= 0.6 is 0 Å². The molecule has 3 heteroatoms. The molecule has 1 unspecified atom stereocenters. The number of aryl methyl sites for hydroxylation is 2. The lowest BCUT2D eigenvalue weighted by Gasteiger charge is -2.10. The summed E-state index contributed by atoms with van der Waals surface area (Å²) < 4.78 is 0. The van der Waals surface area contributed by atoms with E-state index in [1.807, 2.05) is 50.2 Å². The molecule has 0 saturated heterocycles. The average Bonchev–Trinajstić information content (AvgIpc) is 2.37. The van der Waals surface area contributed by atoms with Crippen LogP contribution in [-0.2, 0) is 0 Å². The number of hydrogen-bond donors (Lipinski definition) is 2. The molecule has 0 spiro atoms. The van der Waals surface area contributed by atoms with Gasteiger partial charge >= 0.3 is 0 Å². The van der Waals surface area contributed by atoms with Crippen LogP contribution in [0, 0.1) is 13.8 Å². The third-order valence-electron chi connectivity index (χ3n) is 3.11. The Labute approximate surface area is 119 Å². The van der Waals surface area contributed by atoms with E-state index in [0.29, 0.717) is 11.3 Å². The van der Waals surface area contributed by atoms with Crippen molar-refractivity contribution < 1.29 is 9.90 Å². The van der Waals surface area contributed by atoms with Gasteiger partial charge in [-0.3, -0.25) is 4.79 Å². The van der Waals surface area contributed by atoms with Crippen molar-refractivity contribution in [1.82, 2.24) is 0 Å². The summed E-state index contributed by atoms with van der Waals surface area (Å²) in [5, 5.41) is 12.4. The van der Waals surface area contributed by atoms with Crippen molar-refractivity contribution in [2.24, 2.45) is 0 Å². The van der Waals surface area contributed by atoms with E-state index in [2.05, 4.69) is 5.32 Å². The summed E-state index contributed by atoms with van der Waals surface area (Å²) >= 11 is 0. The lowest BCUT2D eigenvalue weighted by Crippen LogP contribution is -2.12. The predicted octanol–water partition coefficient (Wildman–Crippen LogP) is 3.61. The number of hydrogen-bond acceptors (Lipinski definition) is 2. The first kappa shape index (κ1) is 14.3. The normalized spacial score (nSPS) is 12.0. The Morgan fingerprint density at radius 2 is 1.75 bits per heavy atom. The van der Waals surface area contributed by atoms with Crippen molar-refractivity contribution in [3.05, 3.63) is 64.7 Å². The van der Waals surface area contributed by atoms with Gasteiger partial charge in [0.2, 0.25) is 0 Å². The van der Waals surface area contributed by atoms with Gasteiger partial charge in [-0.1, -0.05) is 29.3 Å². The zero-order chi connectivity index (χ0) is 14.7. The van der Waals surface area contributed by atoms with Crippen molar-refractivity contribution in [3.8, 4) is 0 Å². The molecular formula is C17H19NO2. The fraction of sp³-hybridized carbons (Fsp3) is 0.235. The number of benzene rings is 2. The van der Waals surface area contributed by atoms with E-state index in [9.17, 15) is 9.90 Å². The van der Waals surface area contributed by atoms with E-state index in [1.54, 1.807) is 13.0 Å². The van der Waals surface area contributed by atoms with Gasteiger partial charge < -0.3 is 10.4 Å². The fourth-order valence-corrected chi connectivity index (χ4v) is 2.19. The van der Waals surface area contributed by atoms with Crippen LogP contribution in [0.4, 0.5) is 5.69 Å². The molecule has 2 aromatic rings. The lowest BCUT2D eigenvalue weighted by molar-refractivity contribution is 0.102. The first-order valence-corrected chi connectivity index (χ1v) is 6.63. The molecule has 2 aromatic carbocycles. The molecule has 104 valence electrons. The molecule has 1 atom stereocenters. The van der Waals surface area contributed by atoms with Gasteiger partial charge in [0.05, 0.1) is 6.10 Å². The molecular weight excluding hydrogens is 250 g/mol. The van der Waals surface area contributed by atoms with Gasteiger partial charge in [-0.25, -0.2) is 0 Å². The van der Waals surface area contributed by atoms with Gasteiger partial charge in [0.15, 0.2) is 0 Å². The van der Waals surface area contributed by atoms with Crippen LogP contribution in [0.3, 0.4) is 0 Å². The molecule has 0 fully saturated rings. The summed E-state index contributed by atoms with van der Waals surface area (Å²) in [7, 11) is 0. The Hall–Kier alpha value is -2.13. The van der Waals surface area contributed by atoms with Gasteiger partial charge in [0.25, 0.3) is 5.91 Å². The Kier molecular flexibility index (Phi) is 4.20. The van der Waals surface area contributed by atoms with Gasteiger partial charge in [-0.05, 0) is 50.6 Å². The van der Waals surface area contributed by atoms with Gasteiger partial charge in [0.1, 0.15) is 0 Å². The number of anilines is 1. The summed E-state index contributed by atoms with van der Waals surface area (Å²) in [6.45, 7) is 5.64. The Morgan fingerprint density at radius 3 is 2.35 bits per heavy atom. The smallest absolute Gasteiger partial charge is 0.255 e. The molecule has 3 nitrogen and oxygen atoms in total. The highest BCUT2D eigenvalue weighted by Gasteiger charge is 2.08. The Balaban J connectivity index is 2.21. The summed E-state index contributed by atoms with van der Waals surface area (Å²) in [6, 6.07) is 13.0. The maximum atomic E-state index is 12.2. The Bertz CT molecular complexity index is 612. The minimum Gasteiger partial charge on any atom is -0.389 e. The van der Waals surface area contributed by atoms with E-state index in [-0.39, 0.29) is 5.91 Å². The predicted molar refractivity (Wildman–Crippen MR) is 80.9 cm³/mol. The van der Waals surface area contributed by atoms with Crippen LogP contribution in [0.25, 0.3) is 0 Å². The minimum absolute atomic E-state index is 0.139. The zero-order valence-corrected chi connectivity index (χ0v) is 12.0. The van der Waals surface area contributed by atoms with Gasteiger partial charge in [-0.2, -0.15) is 0 Å². The molecule has 0 aliphatic carbocycles. The molecule has 2 rings (SSSR count). The summed E-state index contributed by atoms with van der Waals surface area (Å²) in [5.41, 5.74) is 4.24. The van der Waals surface area contributed by atoms with Crippen LogP contribution in [0.5, 0.6) is 0 Å². The molecule has 20 heavy (non-hydrogen) atoms. The summed E-state index contributed by atoms with van der Waals surface area (Å²) in [5.74, 6) is -0.139. The highest BCUT2D eigenvalue weighted by Crippen LogP contribution is 2.18. The second-order valence-corrected chi connectivity index (χ2v) is 5.13. The number of amides is 1. The maximum absolute atomic E-state index is 12.2. The summed E-state index contributed by atoms with van der Waals surface area (Å²) in [4.78, 5) is 12.2. The molecule has 1 amide bonds. The second-order valence-electron chi connectivity index (χ2n) is 5.13. The van der Waals surface area contributed by atoms with Crippen molar-refractivity contribution in [2.75, 3.05) is 5.32 Å². The molecule has 0 bridgehead atoms. The van der Waals surface area contributed by atoms with Crippen LogP contribution in [0.1, 0.15) is 40.1 Å². The SMILES string of the molecule is Cc1cc(C)cc(C(=O)Nc2cccc(C(C)O)c2)c1. The van der Waals surface area contributed by atoms with Gasteiger partial charge in [-0.15, -0.1) is 0 Å². The van der Waals surface area contributed by atoms with E-state index < -0.39 is 6.10 Å². The molecule has 0 heterocycles. The standard InChI is InChI=1S/C17H19NO2/c1-11-7-12(2)9-15(8-11)17(20)18-16-6-4-5-14(10-16)13(3)19/h4-10,13,19H,1-3H3,(H,18,20). The second kappa shape index (κ2) is 5.88. The van der Waals surface area contributed by atoms with Crippen LogP contribution < -0.4 is 5.32 Å². The van der Waals surface area contributed by atoms with Gasteiger partial charge in [0, 0.05) is 11.3 Å². The topological polar surface area (TPSA) is 49.3 Å². The third kappa shape index (κ3) is 3.45. The van der Waals surface area contributed by atoms with Crippen LogP contribution in [-0.4, -0.2) is 11.0 Å². The number of rotatable bonds is 3.